The second-order valence-electron chi connectivity index (χ2n) is 2.27. The Morgan fingerprint density at radius 1 is 1.25 bits per heavy atom. The molecule has 1 rings (SSSR count). The molecule has 0 aliphatic carbocycles. The molecule has 1 aromatic carbocycles. The molecule has 0 heterocycles. The fraction of sp³-hybridized carbons (Fsp3) is 0.100. The number of allylic oxidation sites excluding steroid dienone is 1. The van der Waals surface area contributed by atoms with E-state index >= 15 is 0 Å². The van der Waals surface area contributed by atoms with Crippen molar-refractivity contribution in [1.82, 2.24) is 0 Å². The van der Waals surface area contributed by atoms with Crippen molar-refractivity contribution in [3.05, 3.63) is 40.0 Å². The first-order valence-electron chi connectivity index (χ1n) is 3.55. The number of carbonyl (C=O) groups is 1. The standard InChI is InChI=1S/C6H5.C3H5.CH2O.Pb/c1-2-4-6-5-3-1;1-3-2;1-2;/h1-5H;1H2,2H3;1H2;. The molecular weight excluding hydrogens is 343 g/mol. The van der Waals surface area contributed by atoms with Crippen molar-refractivity contribution >= 4 is 34.1 Å². The van der Waals surface area contributed by atoms with Gasteiger partial charge in [-0.05, 0) is 0 Å². The van der Waals surface area contributed by atoms with E-state index in [2.05, 4.69) is 43.8 Å². The molecule has 0 N–H and O–H groups in total. The molecule has 0 aromatic heterocycles. The minimum absolute atomic E-state index is 0.640. The average molecular weight is 355 g/mol. The quantitative estimate of drug-likeness (QED) is 0.733. The normalized spacial score (nSPS) is 8.08. The van der Waals surface area contributed by atoms with Crippen LogP contribution in [0.15, 0.2) is 40.0 Å². The third-order valence-corrected chi connectivity index (χ3v) is 5.21. The Morgan fingerprint density at radius 2 is 1.75 bits per heavy atom. The fourth-order valence-corrected chi connectivity index (χ4v) is 4.08. The van der Waals surface area contributed by atoms with E-state index in [1.807, 2.05) is 6.79 Å². The summed E-state index contributed by atoms with van der Waals surface area (Å²) in [4.78, 5) is 8.00. The number of hydrogen-bond donors (Lipinski definition) is 0. The van der Waals surface area contributed by atoms with Crippen molar-refractivity contribution in [1.29, 1.82) is 0 Å². The van der Waals surface area contributed by atoms with Gasteiger partial charge in [0.05, 0.1) is 0 Å². The Hall–Kier alpha value is -0.448. The molecule has 0 unspecified atom stereocenters. The Bertz CT molecular complexity index is 231. The van der Waals surface area contributed by atoms with Crippen LogP contribution in [0, 0.1) is 0 Å². The van der Waals surface area contributed by atoms with E-state index in [1.54, 1.807) is 0 Å². The van der Waals surface area contributed by atoms with Gasteiger partial charge in [-0.2, -0.15) is 0 Å². The first kappa shape index (κ1) is 11.6. The number of rotatable bonds is 2. The molecule has 1 aromatic rings. The second kappa shape index (κ2) is 7.21. The third-order valence-electron chi connectivity index (χ3n) is 1.13. The maximum atomic E-state index is 8.00. The Morgan fingerprint density at radius 3 is 2.17 bits per heavy atom. The summed E-state index contributed by atoms with van der Waals surface area (Å²) in [7, 11) is 0. The van der Waals surface area contributed by atoms with Gasteiger partial charge in [-0.1, -0.05) is 0 Å². The summed E-state index contributed by atoms with van der Waals surface area (Å²) in [5.74, 6) is 0. The van der Waals surface area contributed by atoms with Crippen LogP contribution >= 0.6 is 0 Å². The van der Waals surface area contributed by atoms with Crippen LogP contribution in [0.1, 0.15) is 6.92 Å². The number of hydrogen-bond acceptors (Lipinski definition) is 1. The molecule has 0 aliphatic rings. The van der Waals surface area contributed by atoms with Crippen molar-refractivity contribution in [3.63, 3.8) is 0 Å². The SMILES string of the molecule is C=O.C=[C](C)[Pb][c]1ccccc1. The van der Waals surface area contributed by atoms with E-state index in [0.717, 1.165) is 0 Å². The maximum absolute atomic E-state index is 8.00. The van der Waals surface area contributed by atoms with Gasteiger partial charge in [0.25, 0.3) is 0 Å². The van der Waals surface area contributed by atoms with Crippen LogP contribution in [-0.2, 0) is 4.79 Å². The monoisotopic (exact) mass is 356 g/mol. The molecular formula is C10H12OPb. The summed E-state index contributed by atoms with van der Waals surface area (Å²) >= 11 is -0.640. The summed E-state index contributed by atoms with van der Waals surface area (Å²) in [5.41, 5.74) is 0. The molecule has 0 amide bonds. The van der Waals surface area contributed by atoms with Gasteiger partial charge < -0.3 is 4.79 Å². The zero-order valence-corrected chi connectivity index (χ0v) is 11.1. The van der Waals surface area contributed by atoms with Crippen LogP contribution < -0.4 is 3.12 Å². The number of benzene rings is 1. The van der Waals surface area contributed by atoms with E-state index in [1.165, 1.54) is 6.26 Å². The van der Waals surface area contributed by atoms with Gasteiger partial charge in [-0.3, -0.25) is 0 Å². The van der Waals surface area contributed by atoms with Gasteiger partial charge in [0, 0.05) is 0 Å². The van der Waals surface area contributed by atoms with Gasteiger partial charge in [0.1, 0.15) is 6.79 Å². The van der Waals surface area contributed by atoms with Gasteiger partial charge in [-0.15, -0.1) is 0 Å². The topological polar surface area (TPSA) is 17.1 Å². The Labute approximate surface area is 85.7 Å². The minimum atomic E-state index is -0.640. The predicted octanol–water partition coefficient (Wildman–Crippen LogP) is 1.36. The van der Waals surface area contributed by atoms with Crippen molar-refractivity contribution in [2.45, 2.75) is 6.92 Å². The van der Waals surface area contributed by atoms with Gasteiger partial charge in [0.2, 0.25) is 0 Å². The third kappa shape index (κ3) is 5.24. The molecule has 0 fully saturated rings. The second-order valence-corrected chi connectivity index (χ2v) is 8.81. The molecule has 0 bridgehead atoms. The van der Waals surface area contributed by atoms with E-state index in [4.69, 9.17) is 4.79 Å². The first-order chi connectivity index (χ1) is 5.79. The molecule has 2 heteroatoms. The van der Waals surface area contributed by atoms with Crippen LogP contribution in [0.25, 0.3) is 0 Å². The van der Waals surface area contributed by atoms with Gasteiger partial charge >= 0.3 is 74.3 Å². The van der Waals surface area contributed by atoms with Crippen molar-refractivity contribution < 1.29 is 4.79 Å². The van der Waals surface area contributed by atoms with E-state index in [-0.39, 0.29) is 0 Å². The molecule has 0 spiro atoms. The van der Waals surface area contributed by atoms with Crippen LogP contribution in [-0.4, -0.2) is 31.0 Å². The Balaban J connectivity index is 0.000000561. The summed E-state index contributed by atoms with van der Waals surface area (Å²) in [6.07, 6.45) is 0. The molecule has 0 saturated carbocycles. The van der Waals surface area contributed by atoms with Gasteiger partial charge in [0.15, 0.2) is 0 Å². The zero-order valence-electron chi connectivity index (χ0n) is 7.21. The predicted molar refractivity (Wildman–Crippen MR) is 53.8 cm³/mol. The van der Waals surface area contributed by atoms with Gasteiger partial charge in [-0.25, -0.2) is 0 Å². The van der Waals surface area contributed by atoms with E-state index < -0.39 is 24.2 Å². The summed E-state index contributed by atoms with van der Waals surface area (Å²) in [6, 6.07) is 10.7. The fourth-order valence-electron chi connectivity index (χ4n) is 0.768. The molecule has 2 radical (unpaired) electrons. The van der Waals surface area contributed by atoms with Crippen LogP contribution in [0.2, 0.25) is 0 Å². The Kier molecular flexibility index (Phi) is 6.95. The van der Waals surface area contributed by atoms with E-state index in [9.17, 15) is 0 Å². The van der Waals surface area contributed by atoms with Crippen LogP contribution in [0.3, 0.4) is 0 Å². The summed E-state index contributed by atoms with van der Waals surface area (Å²) < 4.78 is 2.95. The molecule has 12 heavy (non-hydrogen) atoms. The van der Waals surface area contributed by atoms with Crippen molar-refractivity contribution in [3.8, 4) is 0 Å². The molecule has 62 valence electrons. The van der Waals surface area contributed by atoms with Crippen molar-refractivity contribution in [2.24, 2.45) is 0 Å². The molecule has 0 saturated heterocycles. The molecule has 0 atom stereocenters. The number of carbonyl (C=O) groups excluding carboxylic acids is 1. The summed E-state index contributed by atoms with van der Waals surface area (Å²) in [5, 5.41) is 0. The van der Waals surface area contributed by atoms with Crippen molar-refractivity contribution in [2.75, 3.05) is 0 Å². The summed E-state index contributed by atoms with van der Waals surface area (Å²) in [6.45, 7) is 8.07. The first-order valence-corrected chi connectivity index (χ1v) is 7.44. The van der Waals surface area contributed by atoms with Crippen LogP contribution in [0.5, 0.6) is 0 Å². The average Bonchev–Trinajstić information content (AvgIpc) is 2.08. The molecule has 0 aliphatic heterocycles. The molecule has 1 nitrogen and oxygen atoms in total. The van der Waals surface area contributed by atoms with E-state index in [0.29, 0.717) is 0 Å². The van der Waals surface area contributed by atoms with Crippen LogP contribution in [0.4, 0.5) is 0 Å². The zero-order chi connectivity index (χ0) is 9.40.